The van der Waals surface area contributed by atoms with Crippen molar-refractivity contribution in [2.45, 2.75) is 31.7 Å². The van der Waals surface area contributed by atoms with Gasteiger partial charge in [0.15, 0.2) is 0 Å². The Hall–Kier alpha value is -1.11. The maximum Gasteiger partial charge on any atom is 0.246 e. The molecule has 112 valence electrons. The third kappa shape index (κ3) is 2.82. The van der Waals surface area contributed by atoms with Crippen LogP contribution in [0.3, 0.4) is 0 Å². The fraction of sp³-hybridized carbons (Fsp3) is 0.571. The number of sulfonamides is 1. The third-order valence-corrected chi connectivity index (χ3v) is 5.41. The standard InChI is InChI=1S/C14H22N2O3S/c1-10-7-11(2)14(19-4)13(8-10)20(17,18)16-6-5-15-12(3)9-16/h7-8,12,15H,5-6,9H2,1-4H3. The number of benzene rings is 1. The largest absolute Gasteiger partial charge is 0.495 e. The SMILES string of the molecule is COc1c(C)cc(C)cc1S(=O)(=O)N1CCNC(C)C1. The van der Waals surface area contributed by atoms with Crippen LogP contribution in [0.4, 0.5) is 0 Å². The van der Waals surface area contributed by atoms with Gasteiger partial charge in [0.05, 0.1) is 7.11 Å². The molecule has 20 heavy (non-hydrogen) atoms. The second-order valence-electron chi connectivity index (χ2n) is 5.33. The molecule has 1 N–H and O–H groups in total. The lowest BCUT2D eigenvalue weighted by molar-refractivity contribution is 0.308. The molecule has 0 aromatic heterocycles. The Bertz CT molecular complexity index is 599. The molecule has 0 bridgehead atoms. The molecule has 6 heteroatoms. The topological polar surface area (TPSA) is 58.6 Å². The Morgan fingerprint density at radius 2 is 2.05 bits per heavy atom. The van der Waals surface area contributed by atoms with Gasteiger partial charge in [-0.3, -0.25) is 0 Å². The quantitative estimate of drug-likeness (QED) is 0.913. The van der Waals surface area contributed by atoms with Gasteiger partial charge in [0, 0.05) is 25.7 Å². The lowest BCUT2D eigenvalue weighted by atomic mass is 10.1. The molecule has 0 spiro atoms. The smallest absolute Gasteiger partial charge is 0.246 e. The summed E-state index contributed by atoms with van der Waals surface area (Å²) in [5, 5.41) is 3.25. The van der Waals surface area contributed by atoms with E-state index in [4.69, 9.17) is 4.74 Å². The van der Waals surface area contributed by atoms with Crippen molar-refractivity contribution >= 4 is 10.0 Å². The van der Waals surface area contributed by atoms with Gasteiger partial charge in [-0.15, -0.1) is 0 Å². The molecule has 0 radical (unpaired) electrons. The van der Waals surface area contributed by atoms with E-state index in [1.807, 2.05) is 26.8 Å². The molecule has 5 nitrogen and oxygen atoms in total. The Kier molecular flexibility index (Phi) is 4.36. The minimum Gasteiger partial charge on any atom is -0.495 e. The Balaban J connectivity index is 2.48. The maximum absolute atomic E-state index is 12.8. The van der Waals surface area contributed by atoms with Crippen LogP contribution in [0.1, 0.15) is 18.1 Å². The first kappa shape index (κ1) is 15.3. The zero-order valence-corrected chi connectivity index (χ0v) is 13.3. The first-order chi connectivity index (χ1) is 9.36. The van der Waals surface area contributed by atoms with E-state index in [2.05, 4.69) is 5.32 Å². The second-order valence-corrected chi connectivity index (χ2v) is 7.24. The Morgan fingerprint density at radius 3 is 2.65 bits per heavy atom. The van der Waals surface area contributed by atoms with Gasteiger partial charge in [-0.25, -0.2) is 8.42 Å². The van der Waals surface area contributed by atoms with Crippen molar-refractivity contribution in [2.75, 3.05) is 26.7 Å². The van der Waals surface area contributed by atoms with Gasteiger partial charge in [-0.1, -0.05) is 6.07 Å². The van der Waals surface area contributed by atoms with Crippen molar-refractivity contribution in [2.24, 2.45) is 0 Å². The van der Waals surface area contributed by atoms with Crippen LogP contribution in [0.2, 0.25) is 0 Å². The fourth-order valence-electron chi connectivity index (χ4n) is 2.62. The van der Waals surface area contributed by atoms with Crippen LogP contribution in [-0.4, -0.2) is 45.5 Å². The van der Waals surface area contributed by atoms with Crippen LogP contribution in [0.15, 0.2) is 17.0 Å². The molecule has 0 amide bonds. The molecule has 0 saturated carbocycles. The van der Waals surface area contributed by atoms with E-state index in [1.54, 1.807) is 6.07 Å². The lowest BCUT2D eigenvalue weighted by Crippen LogP contribution is -2.51. The summed E-state index contributed by atoms with van der Waals surface area (Å²) in [6.07, 6.45) is 0. The number of hydrogen-bond donors (Lipinski definition) is 1. The average Bonchev–Trinajstić information content (AvgIpc) is 2.38. The number of rotatable bonds is 3. The molecule has 1 unspecified atom stereocenters. The summed E-state index contributed by atoms with van der Waals surface area (Å²) in [5.41, 5.74) is 1.76. The van der Waals surface area contributed by atoms with E-state index in [-0.39, 0.29) is 10.9 Å². The van der Waals surface area contributed by atoms with E-state index < -0.39 is 10.0 Å². The van der Waals surface area contributed by atoms with E-state index >= 15 is 0 Å². The molecule has 1 aliphatic rings. The van der Waals surface area contributed by atoms with Gasteiger partial charge in [-0.2, -0.15) is 4.31 Å². The van der Waals surface area contributed by atoms with Crippen molar-refractivity contribution in [3.05, 3.63) is 23.3 Å². The van der Waals surface area contributed by atoms with Gasteiger partial charge in [-0.05, 0) is 38.0 Å². The van der Waals surface area contributed by atoms with Gasteiger partial charge < -0.3 is 10.1 Å². The van der Waals surface area contributed by atoms with Crippen LogP contribution in [0.5, 0.6) is 5.75 Å². The number of aryl methyl sites for hydroxylation is 2. The highest BCUT2D eigenvalue weighted by atomic mass is 32.2. The average molecular weight is 298 g/mol. The van der Waals surface area contributed by atoms with E-state index in [0.717, 1.165) is 11.1 Å². The van der Waals surface area contributed by atoms with Crippen LogP contribution >= 0.6 is 0 Å². The summed E-state index contributed by atoms with van der Waals surface area (Å²) in [6.45, 7) is 7.40. The summed E-state index contributed by atoms with van der Waals surface area (Å²) in [4.78, 5) is 0.270. The van der Waals surface area contributed by atoms with Gasteiger partial charge >= 0.3 is 0 Å². The van der Waals surface area contributed by atoms with E-state index in [0.29, 0.717) is 25.4 Å². The molecule has 1 aliphatic heterocycles. The molecular formula is C14H22N2O3S. The molecule has 1 fully saturated rings. The highest BCUT2D eigenvalue weighted by molar-refractivity contribution is 7.89. The van der Waals surface area contributed by atoms with Crippen LogP contribution in [0.25, 0.3) is 0 Å². The molecule has 1 heterocycles. The summed E-state index contributed by atoms with van der Waals surface area (Å²) in [7, 11) is -2.00. The first-order valence-corrected chi connectivity index (χ1v) is 8.19. The molecular weight excluding hydrogens is 276 g/mol. The number of ether oxygens (including phenoxy) is 1. The fourth-order valence-corrected chi connectivity index (χ4v) is 4.47. The summed E-state index contributed by atoms with van der Waals surface area (Å²) < 4.78 is 32.5. The summed E-state index contributed by atoms with van der Waals surface area (Å²) >= 11 is 0. The normalized spacial score (nSPS) is 20.9. The van der Waals surface area contributed by atoms with Crippen LogP contribution < -0.4 is 10.1 Å². The minimum atomic E-state index is -3.51. The predicted octanol–water partition coefficient (Wildman–Crippen LogP) is 1.29. The Morgan fingerprint density at radius 1 is 1.35 bits per heavy atom. The third-order valence-electron chi connectivity index (χ3n) is 3.54. The molecule has 1 aromatic rings. The summed E-state index contributed by atoms with van der Waals surface area (Å²) in [5.74, 6) is 0.446. The molecule has 1 saturated heterocycles. The Labute approximate surface area is 121 Å². The maximum atomic E-state index is 12.8. The minimum absolute atomic E-state index is 0.162. The van der Waals surface area contributed by atoms with Crippen LogP contribution in [0, 0.1) is 13.8 Å². The van der Waals surface area contributed by atoms with Gasteiger partial charge in [0.1, 0.15) is 10.6 Å². The second kappa shape index (κ2) is 5.71. The zero-order valence-electron chi connectivity index (χ0n) is 12.4. The van der Waals surface area contributed by atoms with Crippen LogP contribution in [-0.2, 0) is 10.0 Å². The highest BCUT2D eigenvalue weighted by Gasteiger charge is 2.31. The van der Waals surface area contributed by atoms with Crippen molar-refractivity contribution in [1.82, 2.24) is 9.62 Å². The van der Waals surface area contributed by atoms with Crippen molar-refractivity contribution in [3.8, 4) is 5.75 Å². The molecule has 0 aliphatic carbocycles. The monoisotopic (exact) mass is 298 g/mol. The van der Waals surface area contributed by atoms with Gasteiger partial charge in [0.2, 0.25) is 10.0 Å². The lowest BCUT2D eigenvalue weighted by Gasteiger charge is -2.31. The van der Waals surface area contributed by atoms with Crippen molar-refractivity contribution < 1.29 is 13.2 Å². The van der Waals surface area contributed by atoms with E-state index in [9.17, 15) is 8.42 Å². The molecule has 1 atom stereocenters. The van der Waals surface area contributed by atoms with Crippen molar-refractivity contribution in [1.29, 1.82) is 0 Å². The predicted molar refractivity (Wildman–Crippen MR) is 78.7 cm³/mol. The summed E-state index contributed by atoms with van der Waals surface area (Å²) in [6, 6.07) is 3.78. The number of hydrogen-bond acceptors (Lipinski definition) is 4. The zero-order chi connectivity index (χ0) is 14.9. The van der Waals surface area contributed by atoms with Gasteiger partial charge in [0.25, 0.3) is 0 Å². The number of piperazine rings is 1. The first-order valence-electron chi connectivity index (χ1n) is 6.75. The molecule has 1 aromatic carbocycles. The molecule has 2 rings (SSSR count). The van der Waals surface area contributed by atoms with E-state index in [1.165, 1.54) is 11.4 Å². The highest BCUT2D eigenvalue weighted by Crippen LogP contribution is 2.31. The number of methoxy groups -OCH3 is 1. The number of nitrogens with one attached hydrogen (secondary N) is 1. The number of nitrogens with zero attached hydrogens (tertiary/aromatic N) is 1. The van der Waals surface area contributed by atoms with Crippen molar-refractivity contribution in [3.63, 3.8) is 0 Å².